The first-order valence-corrected chi connectivity index (χ1v) is 8.43. The molecule has 1 aliphatic heterocycles. The van der Waals surface area contributed by atoms with E-state index in [-0.39, 0.29) is 45.1 Å². The van der Waals surface area contributed by atoms with E-state index in [0.29, 0.717) is 11.6 Å². The lowest BCUT2D eigenvalue weighted by molar-refractivity contribution is -0.123. The van der Waals surface area contributed by atoms with Gasteiger partial charge in [0.25, 0.3) is 0 Å². The first kappa shape index (κ1) is 13.0. The standard InChI is InChI=1S/C13H12Br2N2O3/c1-4-2-7(16-20-4)17-12(18)8-5-3-6(9(8)13(17)19)11(15)10(5)14/h2,5-6,8-11H,3H2,1H3/t5-,6+,8-,9-,10-,11+/m0/s1. The largest absolute Gasteiger partial charge is 0.360 e. The number of aryl methyl sites for hydroxylation is 1. The number of alkyl halides is 2. The molecule has 1 aromatic heterocycles. The molecule has 2 saturated carbocycles. The first-order chi connectivity index (χ1) is 9.50. The molecule has 5 nitrogen and oxygen atoms in total. The molecule has 4 rings (SSSR count). The van der Waals surface area contributed by atoms with E-state index in [1.165, 1.54) is 4.90 Å². The summed E-state index contributed by atoms with van der Waals surface area (Å²) in [7, 11) is 0. The van der Waals surface area contributed by atoms with Crippen molar-refractivity contribution in [2.75, 3.05) is 4.90 Å². The molecule has 106 valence electrons. The average molecular weight is 404 g/mol. The molecule has 1 aromatic rings. The topological polar surface area (TPSA) is 63.4 Å². The highest BCUT2D eigenvalue weighted by atomic mass is 79.9. The zero-order chi connectivity index (χ0) is 14.2. The summed E-state index contributed by atoms with van der Waals surface area (Å²) in [5.41, 5.74) is 0. The van der Waals surface area contributed by atoms with Crippen molar-refractivity contribution < 1.29 is 14.1 Å². The Hall–Kier alpha value is -0.690. The number of anilines is 1. The van der Waals surface area contributed by atoms with E-state index >= 15 is 0 Å². The van der Waals surface area contributed by atoms with E-state index in [9.17, 15) is 9.59 Å². The van der Waals surface area contributed by atoms with Gasteiger partial charge < -0.3 is 4.52 Å². The van der Waals surface area contributed by atoms with Gasteiger partial charge in [-0.25, -0.2) is 4.90 Å². The van der Waals surface area contributed by atoms with Crippen molar-refractivity contribution in [1.82, 2.24) is 5.16 Å². The number of imide groups is 1. The van der Waals surface area contributed by atoms with Gasteiger partial charge in [0.05, 0.1) is 11.8 Å². The third kappa shape index (κ3) is 1.45. The van der Waals surface area contributed by atoms with Crippen molar-refractivity contribution >= 4 is 49.5 Å². The Balaban J connectivity index is 1.74. The summed E-state index contributed by atoms with van der Waals surface area (Å²) in [5.74, 6) is 0.716. The van der Waals surface area contributed by atoms with Crippen LogP contribution in [0, 0.1) is 30.6 Å². The van der Waals surface area contributed by atoms with Crippen LogP contribution in [0.15, 0.2) is 10.6 Å². The lowest BCUT2D eigenvalue weighted by Crippen LogP contribution is -2.37. The predicted molar refractivity (Wildman–Crippen MR) is 77.7 cm³/mol. The van der Waals surface area contributed by atoms with Crippen LogP contribution >= 0.6 is 31.9 Å². The maximum Gasteiger partial charge on any atom is 0.239 e. The van der Waals surface area contributed by atoms with Crippen LogP contribution in [0.25, 0.3) is 0 Å². The minimum absolute atomic E-state index is 0.121. The van der Waals surface area contributed by atoms with Gasteiger partial charge in [-0.15, -0.1) is 0 Å². The van der Waals surface area contributed by atoms with Crippen molar-refractivity contribution in [3.05, 3.63) is 11.8 Å². The van der Waals surface area contributed by atoms with E-state index in [0.717, 1.165) is 6.42 Å². The molecule has 0 radical (unpaired) electrons. The molecule has 2 bridgehead atoms. The van der Waals surface area contributed by atoms with E-state index in [1.807, 2.05) is 0 Å². The van der Waals surface area contributed by atoms with Gasteiger partial charge in [0, 0.05) is 15.7 Å². The Bertz CT molecular complexity index is 585. The van der Waals surface area contributed by atoms with Gasteiger partial charge in [-0.05, 0) is 25.2 Å². The maximum absolute atomic E-state index is 12.6. The number of aromatic nitrogens is 1. The Kier molecular flexibility index (Phi) is 2.71. The van der Waals surface area contributed by atoms with Crippen LogP contribution in [0.2, 0.25) is 0 Å². The number of carbonyl (C=O) groups is 2. The van der Waals surface area contributed by atoms with Crippen LogP contribution in [0.4, 0.5) is 5.82 Å². The van der Waals surface area contributed by atoms with Crippen LogP contribution in [0.3, 0.4) is 0 Å². The van der Waals surface area contributed by atoms with Gasteiger partial charge in [0.15, 0.2) is 5.82 Å². The molecule has 2 amide bonds. The molecule has 2 heterocycles. The number of carbonyl (C=O) groups excluding carboxylic acids is 2. The van der Waals surface area contributed by atoms with Crippen LogP contribution < -0.4 is 4.90 Å². The fraction of sp³-hybridized carbons (Fsp3) is 0.615. The number of nitrogens with zero attached hydrogens (tertiary/aromatic N) is 2. The third-order valence-electron chi connectivity index (χ3n) is 4.83. The molecule has 3 aliphatic rings. The van der Waals surface area contributed by atoms with Gasteiger partial charge in [0.2, 0.25) is 11.8 Å². The summed E-state index contributed by atoms with van der Waals surface area (Å²) in [5, 5.41) is 3.82. The van der Waals surface area contributed by atoms with Crippen LogP contribution in [-0.4, -0.2) is 26.6 Å². The molecule has 0 aromatic carbocycles. The fourth-order valence-corrected chi connectivity index (χ4v) is 5.91. The second-order valence-corrected chi connectivity index (χ2v) is 7.93. The number of halogens is 2. The van der Waals surface area contributed by atoms with E-state index < -0.39 is 0 Å². The Labute approximate surface area is 132 Å². The minimum atomic E-state index is -0.206. The Morgan fingerprint density at radius 2 is 1.75 bits per heavy atom. The summed E-state index contributed by atoms with van der Waals surface area (Å²) < 4.78 is 4.99. The van der Waals surface area contributed by atoms with E-state index in [2.05, 4.69) is 37.0 Å². The number of rotatable bonds is 1. The number of fused-ring (bicyclic) bond motifs is 5. The van der Waals surface area contributed by atoms with Crippen LogP contribution in [-0.2, 0) is 9.59 Å². The number of hydrogen-bond acceptors (Lipinski definition) is 4. The monoisotopic (exact) mass is 402 g/mol. The Morgan fingerprint density at radius 1 is 1.20 bits per heavy atom. The molecule has 6 atom stereocenters. The van der Waals surface area contributed by atoms with Crippen molar-refractivity contribution in [3.63, 3.8) is 0 Å². The van der Waals surface area contributed by atoms with E-state index in [1.54, 1.807) is 13.0 Å². The Morgan fingerprint density at radius 3 is 2.20 bits per heavy atom. The first-order valence-electron chi connectivity index (χ1n) is 6.60. The second-order valence-electron chi connectivity index (χ2n) is 5.81. The van der Waals surface area contributed by atoms with Crippen LogP contribution in [0.1, 0.15) is 12.2 Å². The fourth-order valence-electron chi connectivity index (χ4n) is 4.03. The third-order valence-corrected chi connectivity index (χ3v) is 8.04. The smallest absolute Gasteiger partial charge is 0.239 e. The van der Waals surface area contributed by atoms with E-state index in [4.69, 9.17) is 4.52 Å². The van der Waals surface area contributed by atoms with Gasteiger partial charge in [0.1, 0.15) is 5.76 Å². The van der Waals surface area contributed by atoms with Gasteiger partial charge in [-0.2, -0.15) is 0 Å². The molecule has 2 aliphatic carbocycles. The van der Waals surface area contributed by atoms with Gasteiger partial charge in [-0.1, -0.05) is 37.0 Å². The molecule has 7 heteroatoms. The highest BCUT2D eigenvalue weighted by Gasteiger charge is 2.66. The number of amides is 2. The molecule has 1 saturated heterocycles. The normalized spacial score (nSPS) is 42.6. The SMILES string of the molecule is Cc1cc(N2C(=O)[C@H]3[C@@H]4C[C@@H]([C@@H](Br)[C@H]4Br)[C@@H]3C2=O)no1. The lowest BCUT2D eigenvalue weighted by atomic mass is 9.81. The van der Waals surface area contributed by atoms with Crippen molar-refractivity contribution in [2.24, 2.45) is 23.7 Å². The quantitative estimate of drug-likeness (QED) is 0.533. The molecule has 0 N–H and O–H groups in total. The highest BCUT2D eigenvalue weighted by molar-refractivity contribution is 9.12. The summed E-state index contributed by atoms with van der Waals surface area (Å²) in [6, 6.07) is 1.63. The second kappa shape index (κ2) is 4.16. The summed E-state index contributed by atoms with van der Waals surface area (Å²) in [6.45, 7) is 1.75. The molecule has 3 fully saturated rings. The molecule has 0 spiro atoms. The molecular formula is C13H12Br2N2O3. The lowest BCUT2D eigenvalue weighted by Gasteiger charge is -2.28. The average Bonchev–Trinajstić information content (AvgIpc) is 3.10. The van der Waals surface area contributed by atoms with Gasteiger partial charge in [-0.3, -0.25) is 9.59 Å². The van der Waals surface area contributed by atoms with Crippen molar-refractivity contribution in [2.45, 2.75) is 23.0 Å². The zero-order valence-corrected chi connectivity index (χ0v) is 13.8. The summed E-state index contributed by atoms with van der Waals surface area (Å²) in [4.78, 5) is 27.0. The molecule has 0 unspecified atom stereocenters. The van der Waals surface area contributed by atoms with Crippen LogP contribution in [0.5, 0.6) is 0 Å². The summed E-state index contributed by atoms with van der Waals surface area (Å²) >= 11 is 7.32. The minimum Gasteiger partial charge on any atom is -0.360 e. The van der Waals surface area contributed by atoms with Crippen molar-refractivity contribution in [3.8, 4) is 0 Å². The highest BCUT2D eigenvalue weighted by Crippen LogP contribution is 2.60. The molecular weight excluding hydrogens is 392 g/mol. The zero-order valence-electron chi connectivity index (χ0n) is 10.6. The maximum atomic E-state index is 12.6. The molecule has 20 heavy (non-hydrogen) atoms. The number of hydrogen-bond donors (Lipinski definition) is 0. The predicted octanol–water partition coefficient (Wildman–Crippen LogP) is 2.27. The summed E-state index contributed by atoms with van der Waals surface area (Å²) in [6.07, 6.45) is 0.935. The van der Waals surface area contributed by atoms with Crippen molar-refractivity contribution in [1.29, 1.82) is 0 Å². The van der Waals surface area contributed by atoms with Gasteiger partial charge >= 0.3 is 0 Å².